The summed E-state index contributed by atoms with van der Waals surface area (Å²) in [5.74, 6) is 0. The lowest BCUT2D eigenvalue weighted by molar-refractivity contribution is 1.07. The van der Waals surface area contributed by atoms with E-state index in [4.69, 9.17) is 0 Å². The molecule has 0 aliphatic carbocycles. The highest BCUT2D eigenvalue weighted by Crippen LogP contribution is 2.29. The molecular formula is C8H7BrN2S2. The van der Waals surface area contributed by atoms with Crippen LogP contribution >= 0.6 is 39.0 Å². The maximum absolute atomic E-state index is 4.41. The van der Waals surface area contributed by atoms with Gasteiger partial charge in [0.1, 0.15) is 0 Å². The van der Waals surface area contributed by atoms with Gasteiger partial charge in [0.05, 0.1) is 10.6 Å². The Balaban J connectivity index is 2.35. The summed E-state index contributed by atoms with van der Waals surface area (Å²) in [5, 5.41) is 3.02. The quantitative estimate of drug-likeness (QED) is 0.848. The highest BCUT2D eigenvalue weighted by atomic mass is 79.9. The lowest BCUT2D eigenvalue weighted by atomic mass is 10.4. The van der Waals surface area contributed by atoms with E-state index in [0.717, 1.165) is 15.3 Å². The molecule has 0 atom stereocenters. The van der Waals surface area contributed by atoms with E-state index in [1.165, 1.54) is 4.88 Å². The van der Waals surface area contributed by atoms with Crippen molar-refractivity contribution in [1.82, 2.24) is 9.97 Å². The van der Waals surface area contributed by atoms with E-state index in [2.05, 4.69) is 37.3 Å². The molecule has 13 heavy (non-hydrogen) atoms. The molecular weight excluding hydrogens is 268 g/mol. The number of H-pyrrole nitrogens is 1. The van der Waals surface area contributed by atoms with Gasteiger partial charge in [0.15, 0.2) is 5.16 Å². The van der Waals surface area contributed by atoms with Gasteiger partial charge in [0.2, 0.25) is 0 Å². The van der Waals surface area contributed by atoms with Gasteiger partial charge in [-0.15, -0.1) is 11.3 Å². The molecule has 0 amide bonds. The first-order valence-corrected chi connectivity index (χ1v) is 6.53. The molecule has 2 heterocycles. The summed E-state index contributed by atoms with van der Waals surface area (Å²) in [4.78, 5) is 8.70. The Morgan fingerprint density at radius 3 is 3.00 bits per heavy atom. The number of aromatic amines is 1. The molecule has 2 nitrogen and oxygen atoms in total. The Labute approximate surface area is 92.9 Å². The summed E-state index contributed by atoms with van der Waals surface area (Å²) in [7, 11) is 0. The Bertz CT molecular complexity index is 408. The minimum absolute atomic E-state index is 0.958. The van der Waals surface area contributed by atoms with Crippen molar-refractivity contribution in [1.29, 1.82) is 0 Å². The van der Waals surface area contributed by atoms with Crippen LogP contribution in [0.2, 0.25) is 0 Å². The topological polar surface area (TPSA) is 28.7 Å². The molecule has 0 aromatic carbocycles. The van der Waals surface area contributed by atoms with Gasteiger partial charge in [-0.3, -0.25) is 0 Å². The third kappa shape index (κ3) is 1.98. The normalized spacial score (nSPS) is 10.6. The van der Waals surface area contributed by atoms with Gasteiger partial charge in [-0.25, -0.2) is 4.98 Å². The summed E-state index contributed by atoms with van der Waals surface area (Å²) in [5.41, 5.74) is 1.01. The summed E-state index contributed by atoms with van der Waals surface area (Å²) in [6.45, 7) is 0. The van der Waals surface area contributed by atoms with E-state index >= 15 is 0 Å². The Kier molecular flexibility index (Phi) is 2.76. The van der Waals surface area contributed by atoms with E-state index in [9.17, 15) is 0 Å². The minimum Gasteiger partial charge on any atom is -0.339 e. The van der Waals surface area contributed by atoms with Crippen molar-refractivity contribution in [2.24, 2.45) is 0 Å². The summed E-state index contributed by atoms with van der Waals surface area (Å²) >= 11 is 6.73. The largest absolute Gasteiger partial charge is 0.339 e. The third-order valence-electron chi connectivity index (χ3n) is 1.57. The zero-order chi connectivity index (χ0) is 9.26. The monoisotopic (exact) mass is 274 g/mol. The van der Waals surface area contributed by atoms with Crippen LogP contribution < -0.4 is 0 Å². The summed E-state index contributed by atoms with van der Waals surface area (Å²) < 4.78 is 1.11. The number of thioether (sulfide) groups is 1. The Morgan fingerprint density at radius 1 is 1.62 bits per heavy atom. The zero-order valence-corrected chi connectivity index (χ0v) is 10.1. The average Bonchev–Trinajstić information content (AvgIpc) is 2.71. The molecule has 2 aromatic rings. The van der Waals surface area contributed by atoms with Crippen LogP contribution in [0.4, 0.5) is 0 Å². The first-order chi connectivity index (χ1) is 6.29. The van der Waals surface area contributed by atoms with Crippen molar-refractivity contribution in [3.05, 3.63) is 22.1 Å². The van der Waals surface area contributed by atoms with Crippen LogP contribution in [0.3, 0.4) is 0 Å². The standard InChI is InChI=1S/C8H7BrN2S2/c1-12-8-10-3-6(11-8)7-2-5(9)4-13-7/h2-4H,1H3,(H,10,11). The van der Waals surface area contributed by atoms with Gasteiger partial charge >= 0.3 is 0 Å². The van der Waals surface area contributed by atoms with E-state index in [-0.39, 0.29) is 0 Å². The molecule has 0 saturated heterocycles. The van der Waals surface area contributed by atoms with E-state index in [1.807, 2.05) is 12.5 Å². The predicted octanol–water partition coefficient (Wildman–Crippen LogP) is 3.62. The fourth-order valence-corrected chi connectivity index (χ4v) is 2.74. The fraction of sp³-hybridized carbons (Fsp3) is 0.125. The number of rotatable bonds is 2. The van der Waals surface area contributed by atoms with Crippen LogP contribution in [-0.2, 0) is 0 Å². The molecule has 0 aliphatic rings. The van der Waals surface area contributed by atoms with Gasteiger partial charge in [-0.2, -0.15) is 0 Å². The maximum Gasteiger partial charge on any atom is 0.165 e. The fourth-order valence-electron chi connectivity index (χ4n) is 0.982. The highest BCUT2D eigenvalue weighted by molar-refractivity contribution is 9.10. The zero-order valence-electron chi connectivity index (χ0n) is 6.87. The molecule has 0 bridgehead atoms. The van der Waals surface area contributed by atoms with Gasteiger partial charge in [0.25, 0.3) is 0 Å². The van der Waals surface area contributed by atoms with Crippen LogP contribution in [0.15, 0.2) is 27.3 Å². The van der Waals surface area contributed by atoms with E-state index in [0.29, 0.717) is 0 Å². The second-order valence-electron chi connectivity index (χ2n) is 2.42. The first kappa shape index (κ1) is 9.30. The number of aromatic nitrogens is 2. The number of halogens is 1. The van der Waals surface area contributed by atoms with Gasteiger partial charge in [-0.1, -0.05) is 11.8 Å². The Morgan fingerprint density at radius 2 is 2.46 bits per heavy atom. The number of hydrogen-bond donors (Lipinski definition) is 1. The third-order valence-corrected chi connectivity index (χ3v) is 3.88. The van der Waals surface area contributed by atoms with Crippen LogP contribution in [0.25, 0.3) is 10.6 Å². The van der Waals surface area contributed by atoms with Gasteiger partial charge in [0, 0.05) is 16.0 Å². The molecule has 68 valence electrons. The van der Waals surface area contributed by atoms with E-state index in [1.54, 1.807) is 23.1 Å². The van der Waals surface area contributed by atoms with Crippen LogP contribution in [-0.4, -0.2) is 16.2 Å². The molecule has 1 N–H and O–H groups in total. The second-order valence-corrected chi connectivity index (χ2v) is 5.05. The molecule has 0 fully saturated rings. The molecule has 0 saturated carbocycles. The van der Waals surface area contributed by atoms with Crippen molar-refractivity contribution in [2.75, 3.05) is 6.26 Å². The number of hydrogen-bond acceptors (Lipinski definition) is 3. The van der Waals surface area contributed by atoms with Crippen LogP contribution in [0.5, 0.6) is 0 Å². The maximum atomic E-state index is 4.41. The molecule has 0 radical (unpaired) electrons. The Hall–Kier alpha value is -0.260. The molecule has 0 aliphatic heterocycles. The van der Waals surface area contributed by atoms with Crippen molar-refractivity contribution >= 4 is 39.0 Å². The number of thiophene rings is 1. The molecule has 0 unspecified atom stereocenters. The van der Waals surface area contributed by atoms with Crippen molar-refractivity contribution in [3.8, 4) is 10.6 Å². The van der Waals surface area contributed by atoms with Crippen molar-refractivity contribution in [3.63, 3.8) is 0 Å². The molecule has 2 rings (SSSR count). The molecule has 5 heteroatoms. The summed E-state index contributed by atoms with van der Waals surface area (Å²) in [6, 6.07) is 2.07. The van der Waals surface area contributed by atoms with Crippen molar-refractivity contribution in [2.45, 2.75) is 5.16 Å². The smallest absolute Gasteiger partial charge is 0.165 e. The van der Waals surface area contributed by atoms with Gasteiger partial charge < -0.3 is 4.98 Å². The number of nitrogens with zero attached hydrogens (tertiary/aromatic N) is 1. The van der Waals surface area contributed by atoms with E-state index < -0.39 is 0 Å². The molecule has 0 spiro atoms. The number of imidazole rings is 1. The lowest BCUT2D eigenvalue weighted by Crippen LogP contribution is -1.71. The second kappa shape index (κ2) is 3.86. The minimum atomic E-state index is 0.958. The lowest BCUT2D eigenvalue weighted by Gasteiger charge is -1.86. The molecule has 2 aromatic heterocycles. The number of nitrogens with one attached hydrogen (secondary N) is 1. The van der Waals surface area contributed by atoms with Gasteiger partial charge in [-0.05, 0) is 28.3 Å². The van der Waals surface area contributed by atoms with Crippen LogP contribution in [0, 0.1) is 0 Å². The summed E-state index contributed by atoms with van der Waals surface area (Å²) in [6.07, 6.45) is 3.94. The SMILES string of the molecule is CSc1nc(-c2cc(Br)cs2)c[nH]1. The van der Waals surface area contributed by atoms with Crippen molar-refractivity contribution < 1.29 is 0 Å². The predicted molar refractivity (Wildman–Crippen MR) is 61.4 cm³/mol. The first-order valence-electron chi connectivity index (χ1n) is 3.63. The highest BCUT2D eigenvalue weighted by Gasteiger charge is 2.04. The van der Waals surface area contributed by atoms with Crippen LogP contribution in [0.1, 0.15) is 0 Å². The average molecular weight is 275 g/mol.